The van der Waals surface area contributed by atoms with Crippen molar-refractivity contribution in [2.75, 3.05) is 19.6 Å². The summed E-state index contributed by atoms with van der Waals surface area (Å²) in [6, 6.07) is 3.06. The summed E-state index contributed by atoms with van der Waals surface area (Å²) in [6.07, 6.45) is -3.34. The predicted octanol–water partition coefficient (Wildman–Crippen LogP) is 4.56. The van der Waals surface area contributed by atoms with Crippen molar-refractivity contribution in [1.29, 1.82) is 0 Å². The number of urea groups is 1. The molecule has 1 atom stereocenters. The second-order valence-electron chi connectivity index (χ2n) is 8.97. The van der Waals surface area contributed by atoms with Gasteiger partial charge in [0.05, 0.1) is 16.5 Å². The van der Waals surface area contributed by atoms with Crippen LogP contribution >= 0.6 is 11.6 Å². The molecule has 1 unspecified atom stereocenters. The van der Waals surface area contributed by atoms with Gasteiger partial charge in [-0.05, 0) is 61.6 Å². The number of carbonyl (C=O) groups excluding carboxylic acids is 2. The van der Waals surface area contributed by atoms with Crippen LogP contribution < -0.4 is 10.6 Å². The van der Waals surface area contributed by atoms with Crippen molar-refractivity contribution in [2.24, 2.45) is 10.8 Å². The number of hydrogen-bond acceptors (Lipinski definition) is 2. The number of nitrogens with zero attached hydrogens (tertiary/aromatic N) is 1. The Hall–Kier alpha value is -2.03. The Morgan fingerprint density at radius 3 is 2.35 bits per heavy atom. The van der Waals surface area contributed by atoms with Crippen molar-refractivity contribution in [2.45, 2.75) is 50.7 Å². The molecule has 0 spiro atoms. The van der Waals surface area contributed by atoms with Gasteiger partial charge in [0.1, 0.15) is 12.4 Å². The molecule has 10 heteroatoms. The Morgan fingerprint density at radius 1 is 1.16 bits per heavy atom. The molecular formula is C21H24ClF4N3O2. The topological polar surface area (TPSA) is 61.4 Å². The fraction of sp³-hybridized carbons (Fsp3) is 0.619. The molecule has 3 aliphatic carbocycles. The molecule has 1 aliphatic heterocycles. The number of piperazine rings is 1. The lowest BCUT2D eigenvalue weighted by atomic mass is 9.50. The number of hydrogen-bond donors (Lipinski definition) is 2. The largest absolute Gasteiger partial charge is 0.394 e. The van der Waals surface area contributed by atoms with Gasteiger partial charge in [0, 0.05) is 13.1 Å². The first kappa shape index (κ1) is 22.2. The summed E-state index contributed by atoms with van der Waals surface area (Å²) in [5.74, 6) is -0.879. The van der Waals surface area contributed by atoms with Gasteiger partial charge in [0.25, 0.3) is 0 Å². The maximum atomic E-state index is 13.8. The SMILES string of the molecule is O=C1CN(C(=O)NC(c2ccc(F)c(Cl)c2)C23CCC(C(F)(F)F)(CC2)CC3)CCN1. The second kappa shape index (κ2) is 7.83. The molecule has 5 rings (SSSR count). The molecule has 4 fully saturated rings. The van der Waals surface area contributed by atoms with Gasteiger partial charge in [-0.15, -0.1) is 0 Å². The van der Waals surface area contributed by atoms with Crippen molar-refractivity contribution in [3.8, 4) is 0 Å². The molecule has 1 saturated heterocycles. The molecule has 31 heavy (non-hydrogen) atoms. The van der Waals surface area contributed by atoms with Crippen LogP contribution in [-0.2, 0) is 4.79 Å². The van der Waals surface area contributed by atoms with E-state index in [0.717, 1.165) is 0 Å². The highest BCUT2D eigenvalue weighted by molar-refractivity contribution is 6.30. The lowest BCUT2D eigenvalue weighted by molar-refractivity contribution is -0.262. The monoisotopic (exact) mass is 461 g/mol. The number of carbonyl (C=O) groups is 2. The molecule has 4 aliphatic rings. The van der Waals surface area contributed by atoms with Crippen LogP contribution in [0.25, 0.3) is 0 Å². The van der Waals surface area contributed by atoms with E-state index in [1.54, 1.807) is 0 Å². The number of benzene rings is 1. The summed E-state index contributed by atoms with van der Waals surface area (Å²) in [5, 5.41) is 5.49. The molecule has 5 nitrogen and oxygen atoms in total. The standard InChI is InChI=1S/C21H24ClF4N3O2/c22-14-11-13(1-2-15(14)23)17(28-18(31)29-10-9-27-16(30)12-29)19-3-6-20(7-4-19,8-5-19)21(24,25)26/h1-2,11,17H,3-10,12H2,(H,27,30)(H,28,31). The maximum absolute atomic E-state index is 13.8. The first-order chi connectivity index (χ1) is 14.6. The zero-order valence-electron chi connectivity index (χ0n) is 16.8. The van der Waals surface area contributed by atoms with Gasteiger partial charge in [-0.1, -0.05) is 17.7 Å². The predicted molar refractivity (Wildman–Crippen MR) is 106 cm³/mol. The number of alkyl halides is 3. The molecule has 170 valence electrons. The molecule has 0 radical (unpaired) electrons. The van der Waals surface area contributed by atoms with Gasteiger partial charge in [0.2, 0.25) is 5.91 Å². The Balaban J connectivity index is 1.63. The van der Waals surface area contributed by atoms with Crippen molar-refractivity contribution in [3.05, 3.63) is 34.6 Å². The van der Waals surface area contributed by atoms with Gasteiger partial charge in [-0.2, -0.15) is 13.2 Å². The van der Waals surface area contributed by atoms with E-state index >= 15 is 0 Å². The van der Waals surface area contributed by atoms with Crippen LogP contribution in [0.3, 0.4) is 0 Å². The summed E-state index contributed by atoms with van der Waals surface area (Å²) >= 11 is 5.98. The molecule has 1 heterocycles. The Bertz CT molecular complexity index is 867. The molecule has 1 aromatic rings. The van der Waals surface area contributed by atoms with Gasteiger partial charge >= 0.3 is 12.2 Å². The van der Waals surface area contributed by atoms with Gasteiger partial charge < -0.3 is 15.5 Å². The van der Waals surface area contributed by atoms with Crippen LogP contribution in [0.15, 0.2) is 18.2 Å². The minimum absolute atomic E-state index is 0.00389. The summed E-state index contributed by atoms with van der Waals surface area (Å²) in [7, 11) is 0. The third kappa shape index (κ3) is 3.97. The number of nitrogens with one attached hydrogen (secondary N) is 2. The van der Waals surface area contributed by atoms with Crippen LogP contribution in [0.5, 0.6) is 0 Å². The van der Waals surface area contributed by atoms with E-state index in [9.17, 15) is 27.2 Å². The normalized spacial score (nSPS) is 29.5. The fourth-order valence-corrected chi connectivity index (χ4v) is 5.57. The van der Waals surface area contributed by atoms with Crippen LogP contribution in [-0.4, -0.2) is 42.6 Å². The van der Waals surface area contributed by atoms with Gasteiger partial charge in [0.15, 0.2) is 0 Å². The number of amides is 3. The van der Waals surface area contributed by atoms with E-state index in [2.05, 4.69) is 10.6 Å². The zero-order valence-corrected chi connectivity index (χ0v) is 17.6. The molecule has 3 amide bonds. The highest BCUT2D eigenvalue weighted by atomic mass is 35.5. The number of halogens is 5. The van der Waals surface area contributed by atoms with E-state index in [4.69, 9.17) is 11.6 Å². The first-order valence-corrected chi connectivity index (χ1v) is 10.8. The summed E-state index contributed by atoms with van der Waals surface area (Å²) in [5.41, 5.74) is -1.68. The minimum atomic E-state index is -4.25. The van der Waals surface area contributed by atoms with Gasteiger partial charge in [-0.25, -0.2) is 9.18 Å². The minimum Gasteiger partial charge on any atom is -0.353 e. The maximum Gasteiger partial charge on any atom is 0.394 e. The van der Waals surface area contributed by atoms with E-state index < -0.39 is 34.9 Å². The number of fused-ring (bicyclic) bond motifs is 3. The van der Waals surface area contributed by atoms with Crippen LogP contribution in [0.2, 0.25) is 5.02 Å². The smallest absolute Gasteiger partial charge is 0.353 e. The highest BCUT2D eigenvalue weighted by Crippen LogP contribution is 2.65. The average molecular weight is 462 g/mol. The quantitative estimate of drug-likeness (QED) is 0.648. The van der Waals surface area contributed by atoms with E-state index in [0.29, 0.717) is 37.9 Å². The van der Waals surface area contributed by atoms with Crippen LogP contribution in [0, 0.1) is 16.6 Å². The van der Waals surface area contributed by atoms with Crippen molar-refractivity contribution >= 4 is 23.5 Å². The van der Waals surface area contributed by atoms with E-state index in [1.807, 2.05) is 0 Å². The first-order valence-electron chi connectivity index (χ1n) is 10.4. The molecule has 2 bridgehead atoms. The Morgan fingerprint density at radius 2 is 1.81 bits per heavy atom. The summed E-state index contributed by atoms with van der Waals surface area (Å²) in [4.78, 5) is 26.0. The van der Waals surface area contributed by atoms with Crippen LogP contribution in [0.4, 0.5) is 22.4 Å². The molecular weight excluding hydrogens is 438 g/mol. The summed E-state index contributed by atoms with van der Waals surface area (Å²) < 4.78 is 54.8. The summed E-state index contributed by atoms with van der Waals surface area (Å²) in [6.45, 7) is 0.574. The zero-order chi connectivity index (χ0) is 22.4. The lowest BCUT2D eigenvalue weighted by Crippen LogP contribution is -2.57. The van der Waals surface area contributed by atoms with E-state index in [-0.39, 0.29) is 36.7 Å². The fourth-order valence-electron chi connectivity index (χ4n) is 5.38. The van der Waals surface area contributed by atoms with Crippen molar-refractivity contribution in [3.63, 3.8) is 0 Å². The van der Waals surface area contributed by atoms with E-state index in [1.165, 1.54) is 23.1 Å². The average Bonchev–Trinajstić information content (AvgIpc) is 2.74. The third-order valence-corrected chi connectivity index (χ3v) is 7.68. The second-order valence-corrected chi connectivity index (χ2v) is 9.38. The molecule has 2 N–H and O–H groups in total. The van der Waals surface area contributed by atoms with Crippen LogP contribution in [0.1, 0.15) is 50.1 Å². The molecule has 0 aromatic heterocycles. The third-order valence-electron chi connectivity index (χ3n) is 7.39. The Kier molecular flexibility index (Phi) is 5.60. The number of rotatable bonds is 3. The van der Waals surface area contributed by atoms with Gasteiger partial charge in [-0.3, -0.25) is 4.79 Å². The Labute approximate surface area is 182 Å². The molecule has 1 aromatic carbocycles. The lowest BCUT2D eigenvalue weighted by Gasteiger charge is -2.56. The molecule has 3 saturated carbocycles. The van der Waals surface area contributed by atoms with Crippen molar-refractivity contribution in [1.82, 2.24) is 15.5 Å². The van der Waals surface area contributed by atoms with Crippen molar-refractivity contribution < 1.29 is 27.2 Å². The highest BCUT2D eigenvalue weighted by Gasteiger charge is 2.63.